The first-order valence-corrected chi connectivity index (χ1v) is 6.81. The zero-order valence-electron chi connectivity index (χ0n) is 12.1. The Bertz CT molecular complexity index is 718. The summed E-state index contributed by atoms with van der Waals surface area (Å²) < 4.78 is 7.06. The van der Waals surface area contributed by atoms with Crippen LogP contribution in [0.5, 0.6) is 0 Å². The number of nitrogens with zero attached hydrogens (tertiary/aromatic N) is 4. The van der Waals surface area contributed by atoms with Crippen molar-refractivity contribution in [1.82, 2.24) is 19.7 Å². The average molecular weight is 283 g/mol. The van der Waals surface area contributed by atoms with E-state index >= 15 is 0 Å². The maximum atomic E-state index is 5.29. The second-order valence-electron chi connectivity index (χ2n) is 4.88. The maximum Gasteiger partial charge on any atom is 0.223 e. The predicted octanol–water partition coefficient (Wildman–Crippen LogP) is 2.43. The predicted molar refractivity (Wildman–Crippen MR) is 79.9 cm³/mol. The molecule has 0 fully saturated rings. The summed E-state index contributed by atoms with van der Waals surface area (Å²) in [6.07, 6.45) is 8.05. The van der Waals surface area contributed by atoms with Gasteiger partial charge in [0.15, 0.2) is 0 Å². The quantitative estimate of drug-likeness (QED) is 0.779. The number of hydrogen-bond donors (Lipinski definition) is 1. The van der Waals surface area contributed by atoms with Gasteiger partial charge in [-0.3, -0.25) is 4.68 Å². The molecule has 0 aromatic carbocycles. The van der Waals surface area contributed by atoms with Crippen LogP contribution in [0.15, 0.2) is 41.4 Å². The van der Waals surface area contributed by atoms with Gasteiger partial charge < -0.3 is 9.73 Å². The van der Waals surface area contributed by atoms with Crippen molar-refractivity contribution in [1.29, 1.82) is 0 Å². The maximum absolute atomic E-state index is 5.29. The molecule has 0 aliphatic heterocycles. The van der Waals surface area contributed by atoms with Crippen molar-refractivity contribution >= 4 is 5.95 Å². The van der Waals surface area contributed by atoms with E-state index in [1.807, 2.05) is 44.7 Å². The molecule has 6 heteroatoms. The number of aryl methyl sites for hydroxylation is 2. The van der Waals surface area contributed by atoms with Crippen LogP contribution in [0.3, 0.4) is 0 Å². The van der Waals surface area contributed by atoms with Gasteiger partial charge in [0.2, 0.25) is 5.95 Å². The third kappa shape index (κ3) is 3.10. The zero-order valence-corrected chi connectivity index (χ0v) is 12.1. The molecule has 21 heavy (non-hydrogen) atoms. The number of aromatic nitrogens is 4. The second kappa shape index (κ2) is 5.78. The van der Waals surface area contributed by atoms with Gasteiger partial charge in [-0.25, -0.2) is 9.97 Å². The van der Waals surface area contributed by atoms with Crippen LogP contribution in [0.1, 0.15) is 11.3 Å². The molecule has 0 atom stereocenters. The lowest BCUT2D eigenvalue weighted by Gasteiger charge is -2.07. The molecule has 0 bridgehead atoms. The Morgan fingerprint density at radius 3 is 2.95 bits per heavy atom. The van der Waals surface area contributed by atoms with Gasteiger partial charge in [0, 0.05) is 38.0 Å². The largest absolute Gasteiger partial charge is 0.469 e. The van der Waals surface area contributed by atoms with E-state index in [0.717, 1.165) is 35.5 Å². The Labute approximate surface area is 122 Å². The van der Waals surface area contributed by atoms with Gasteiger partial charge in [-0.15, -0.1) is 0 Å². The molecule has 0 spiro atoms. The van der Waals surface area contributed by atoms with E-state index in [1.165, 1.54) is 0 Å². The Kier molecular flexibility index (Phi) is 3.68. The number of furan rings is 1. The Balaban J connectivity index is 1.71. The second-order valence-corrected chi connectivity index (χ2v) is 4.88. The van der Waals surface area contributed by atoms with E-state index < -0.39 is 0 Å². The Morgan fingerprint density at radius 2 is 2.24 bits per heavy atom. The molecular weight excluding hydrogens is 266 g/mol. The zero-order chi connectivity index (χ0) is 14.7. The molecule has 0 saturated heterocycles. The summed E-state index contributed by atoms with van der Waals surface area (Å²) >= 11 is 0. The van der Waals surface area contributed by atoms with Crippen LogP contribution in [-0.2, 0) is 13.5 Å². The molecule has 3 rings (SSSR count). The lowest BCUT2D eigenvalue weighted by Crippen LogP contribution is -2.08. The van der Waals surface area contributed by atoms with E-state index in [4.69, 9.17) is 4.42 Å². The van der Waals surface area contributed by atoms with Gasteiger partial charge in [0.1, 0.15) is 5.76 Å². The first kappa shape index (κ1) is 13.4. The third-order valence-electron chi connectivity index (χ3n) is 3.18. The molecule has 6 nitrogen and oxygen atoms in total. The van der Waals surface area contributed by atoms with Gasteiger partial charge >= 0.3 is 0 Å². The summed E-state index contributed by atoms with van der Waals surface area (Å²) in [5.74, 6) is 1.56. The van der Waals surface area contributed by atoms with Crippen LogP contribution in [0, 0.1) is 6.92 Å². The fraction of sp³-hybridized carbons (Fsp3) is 0.267. The normalized spacial score (nSPS) is 10.8. The summed E-state index contributed by atoms with van der Waals surface area (Å²) in [4.78, 5) is 8.88. The van der Waals surface area contributed by atoms with Crippen LogP contribution >= 0.6 is 0 Å². The third-order valence-corrected chi connectivity index (χ3v) is 3.18. The Hall–Kier alpha value is -2.63. The summed E-state index contributed by atoms with van der Waals surface area (Å²) in [6, 6.07) is 3.84. The molecule has 3 heterocycles. The molecular formula is C15H17N5O. The molecule has 0 radical (unpaired) electrons. The fourth-order valence-corrected chi connectivity index (χ4v) is 2.12. The minimum atomic E-state index is 0.617. The van der Waals surface area contributed by atoms with Crippen molar-refractivity contribution in [2.24, 2.45) is 7.05 Å². The van der Waals surface area contributed by atoms with Crippen molar-refractivity contribution in [2.45, 2.75) is 13.3 Å². The molecule has 108 valence electrons. The number of nitrogens with one attached hydrogen (secondary N) is 1. The highest BCUT2D eigenvalue weighted by Gasteiger charge is 2.08. The van der Waals surface area contributed by atoms with Crippen LogP contribution in [0.4, 0.5) is 5.95 Å². The monoisotopic (exact) mass is 283 g/mol. The lowest BCUT2D eigenvalue weighted by molar-refractivity contribution is 0.512. The van der Waals surface area contributed by atoms with Gasteiger partial charge in [-0.2, -0.15) is 5.10 Å². The van der Waals surface area contributed by atoms with E-state index in [-0.39, 0.29) is 0 Å². The molecule has 3 aromatic rings. The van der Waals surface area contributed by atoms with Crippen molar-refractivity contribution in [3.63, 3.8) is 0 Å². The van der Waals surface area contributed by atoms with Crippen LogP contribution in [0.2, 0.25) is 0 Å². The molecule has 0 saturated carbocycles. The first-order chi connectivity index (χ1) is 10.2. The fourth-order valence-electron chi connectivity index (χ4n) is 2.12. The van der Waals surface area contributed by atoms with Gasteiger partial charge in [-0.05, 0) is 24.6 Å². The van der Waals surface area contributed by atoms with Crippen molar-refractivity contribution < 1.29 is 4.42 Å². The first-order valence-electron chi connectivity index (χ1n) is 6.81. The van der Waals surface area contributed by atoms with Gasteiger partial charge in [0.05, 0.1) is 18.2 Å². The SMILES string of the molecule is Cc1cnc(NCCc2ccco2)nc1-c1cnn(C)c1. The Morgan fingerprint density at radius 1 is 1.33 bits per heavy atom. The van der Waals surface area contributed by atoms with Crippen LogP contribution < -0.4 is 5.32 Å². The number of rotatable bonds is 5. The lowest BCUT2D eigenvalue weighted by atomic mass is 10.1. The summed E-state index contributed by atoms with van der Waals surface area (Å²) in [5, 5.41) is 7.40. The molecule has 0 aliphatic rings. The van der Waals surface area contributed by atoms with E-state index in [0.29, 0.717) is 5.95 Å². The van der Waals surface area contributed by atoms with Crippen molar-refractivity contribution in [2.75, 3.05) is 11.9 Å². The highest BCUT2D eigenvalue weighted by atomic mass is 16.3. The van der Waals surface area contributed by atoms with E-state index in [2.05, 4.69) is 20.4 Å². The van der Waals surface area contributed by atoms with Gasteiger partial charge in [-0.1, -0.05) is 0 Å². The molecule has 3 aromatic heterocycles. The minimum Gasteiger partial charge on any atom is -0.469 e. The van der Waals surface area contributed by atoms with E-state index in [1.54, 1.807) is 10.9 Å². The highest BCUT2D eigenvalue weighted by Crippen LogP contribution is 2.20. The smallest absolute Gasteiger partial charge is 0.223 e. The molecule has 0 amide bonds. The number of hydrogen-bond acceptors (Lipinski definition) is 5. The van der Waals surface area contributed by atoms with Gasteiger partial charge in [0.25, 0.3) is 0 Å². The molecule has 1 N–H and O–H groups in total. The summed E-state index contributed by atoms with van der Waals surface area (Å²) in [5.41, 5.74) is 2.92. The standard InChI is InChI=1S/C15H17N5O/c1-11-8-17-15(16-6-5-13-4-3-7-21-13)19-14(11)12-9-18-20(2)10-12/h3-4,7-10H,5-6H2,1-2H3,(H,16,17,19). The molecule has 0 unspecified atom stereocenters. The topological polar surface area (TPSA) is 68.8 Å². The van der Waals surface area contributed by atoms with E-state index in [9.17, 15) is 0 Å². The van der Waals surface area contributed by atoms with Crippen molar-refractivity contribution in [3.8, 4) is 11.3 Å². The highest BCUT2D eigenvalue weighted by molar-refractivity contribution is 5.62. The summed E-state index contributed by atoms with van der Waals surface area (Å²) in [6.45, 7) is 2.72. The van der Waals surface area contributed by atoms with Crippen molar-refractivity contribution in [3.05, 3.63) is 48.3 Å². The van der Waals surface area contributed by atoms with Crippen LogP contribution in [-0.4, -0.2) is 26.3 Å². The minimum absolute atomic E-state index is 0.617. The average Bonchev–Trinajstić information content (AvgIpc) is 3.12. The number of anilines is 1. The van der Waals surface area contributed by atoms with Crippen LogP contribution in [0.25, 0.3) is 11.3 Å². The summed E-state index contributed by atoms with van der Waals surface area (Å²) in [7, 11) is 1.89. The molecule has 0 aliphatic carbocycles.